The second-order valence-corrected chi connectivity index (χ2v) is 7.80. The van der Waals surface area contributed by atoms with Crippen molar-refractivity contribution < 1.29 is 9.59 Å². The third-order valence-corrected chi connectivity index (χ3v) is 4.97. The van der Waals surface area contributed by atoms with E-state index in [0.717, 1.165) is 5.75 Å². The smallest absolute Gasteiger partial charge is 0.253 e. The monoisotopic (exact) mass is 390 g/mol. The molecule has 2 amide bonds. The highest BCUT2D eigenvalue weighted by atomic mass is 35.5. The average Bonchev–Trinajstić information content (AvgIpc) is 2.50. The van der Waals surface area contributed by atoms with Crippen molar-refractivity contribution in [1.82, 2.24) is 10.6 Å². The Kier molecular flexibility index (Phi) is 8.95. The normalized spacial score (nSPS) is 13.5. The largest absolute Gasteiger partial charge is 0.352 e. The van der Waals surface area contributed by atoms with Crippen LogP contribution in [0.25, 0.3) is 0 Å². The maximum atomic E-state index is 12.5. The van der Waals surface area contributed by atoms with Crippen LogP contribution in [0.4, 0.5) is 0 Å². The van der Waals surface area contributed by atoms with E-state index in [2.05, 4.69) is 10.6 Å². The minimum absolute atomic E-state index is 0.0327. The summed E-state index contributed by atoms with van der Waals surface area (Å²) in [5.41, 5.74) is 0.305. The molecule has 0 saturated carbocycles. The Morgan fingerprint density at radius 2 is 1.83 bits per heavy atom. The maximum Gasteiger partial charge on any atom is 0.253 e. The zero-order chi connectivity index (χ0) is 18.3. The second kappa shape index (κ2) is 10.2. The summed E-state index contributed by atoms with van der Waals surface area (Å²) in [5.74, 6) is 0.526. The molecule has 1 rings (SSSR count). The first-order chi connectivity index (χ1) is 11.3. The standard InChI is InChI=1S/C17H24Cl2N2O2S/c1-10(2)11(3)20-17(23)15(7-8-24-4)21-16(22)13-6-5-12(18)9-14(13)19/h5-6,9-11,15H,7-8H2,1-4H3,(H,20,23)(H,21,22). The fraction of sp³-hybridized carbons (Fsp3) is 0.529. The molecule has 7 heteroatoms. The molecule has 0 saturated heterocycles. The molecule has 2 atom stereocenters. The van der Waals surface area contributed by atoms with Crippen LogP contribution in [-0.4, -0.2) is 35.9 Å². The Hall–Kier alpha value is -0.910. The number of nitrogens with one attached hydrogen (secondary N) is 2. The summed E-state index contributed by atoms with van der Waals surface area (Å²) in [6.45, 7) is 6.02. The van der Waals surface area contributed by atoms with Gasteiger partial charge < -0.3 is 10.6 Å². The van der Waals surface area contributed by atoms with Gasteiger partial charge in [0.1, 0.15) is 6.04 Å². The fourth-order valence-electron chi connectivity index (χ4n) is 1.91. The molecule has 0 heterocycles. The first kappa shape index (κ1) is 21.1. The number of carbonyl (C=O) groups excluding carboxylic acids is 2. The van der Waals surface area contributed by atoms with Crippen molar-refractivity contribution in [3.05, 3.63) is 33.8 Å². The second-order valence-electron chi connectivity index (χ2n) is 5.97. The van der Waals surface area contributed by atoms with Crippen molar-refractivity contribution in [3.63, 3.8) is 0 Å². The van der Waals surface area contributed by atoms with Crippen LogP contribution in [0.3, 0.4) is 0 Å². The van der Waals surface area contributed by atoms with Crippen molar-refractivity contribution >= 4 is 46.8 Å². The van der Waals surface area contributed by atoms with E-state index in [0.29, 0.717) is 22.9 Å². The predicted octanol–water partition coefficient (Wildman–Crippen LogP) is 4.01. The lowest BCUT2D eigenvalue weighted by Gasteiger charge is -2.23. The van der Waals surface area contributed by atoms with E-state index < -0.39 is 6.04 Å². The zero-order valence-corrected chi connectivity index (χ0v) is 16.7. The highest BCUT2D eigenvalue weighted by molar-refractivity contribution is 7.98. The summed E-state index contributed by atoms with van der Waals surface area (Å²) >= 11 is 13.5. The van der Waals surface area contributed by atoms with Crippen LogP contribution in [0.1, 0.15) is 37.6 Å². The van der Waals surface area contributed by atoms with E-state index in [1.807, 2.05) is 27.0 Å². The molecule has 0 aliphatic heterocycles. The quantitative estimate of drug-likeness (QED) is 0.704. The summed E-state index contributed by atoms with van der Waals surface area (Å²) in [6.07, 6.45) is 2.51. The molecule has 0 aliphatic rings. The van der Waals surface area contributed by atoms with Gasteiger partial charge in [0.05, 0.1) is 10.6 Å². The summed E-state index contributed by atoms with van der Waals surface area (Å²) in [7, 11) is 0. The molecule has 134 valence electrons. The van der Waals surface area contributed by atoms with Crippen molar-refractivity contribution in [2.75, 3.05) is 12.0 Å². The molecule has 24 heavy (non-hydrogen) atoms. The first-order valence-electron chi connectivity index (χ1n) is 7.81. The van der Waals surface area contributed by atoms with Crippen LogP contribution in [0, 0.1) is 5.92 Å². The van der Waals surface area contributed by atoms with Gasteiger partial charge in [-0.15, -0.1) is 0 Å². The molecule has 2 N–H and O–H groups in total. The maximum absolute atomic E-state index is 12.5. The van der Waals surface area contributed by atoms with Crippen molar-refractivity contribution in [3.8, 4) is 0 Å². The molecule has 1 aromatic rings. The lowest BCUT2D eigenvalue weighted by Crippen LogP contribution is -2.50. The Balaban J connectivity index is 2.84. The van der Waals surface area contributed by atoms with Crippen LogP contribution in [0.15, 0.2) is 18.2 Å². The molecule has 0 bridgehead atoms. The topological polar surface area (TPSA) is 58.2 Å². The van der Waals surface area contributed by atoms with Crippen LogP contribution in [0.2, 0.25) is 10.0 Å². The van der Waals surface area contributed by atoms with Crippen molar-refractivity contribution in [1.29, 1.82) is 0 Å². The fourth-order valence-corrected chi connectivity index (χ4v) is 2.87. The Labute approximate surface area is 158 Å². The molecule has 0 aliphatic carbocycles. The average molecular weight is 391 g/mol. The van der Waals surface area contributed by atoms with E-state index in [1.54, 1.807) is 23.9 Å². The molecule has 0 aromatic heterocycles. The van der Waals surface area contributed by atoms with Gasteiger partial charge in [0, 0.05) is 11.1 Å². The number of amides is 2. The van der Waals surface area contributed by atoms with Crippen molar-refractivity contribution in [2.24, 2.45) is 5.92 Å². The summed E-state index contributed by atoms with van der Waals surface area (Å²) in [4.78, 5) is 24.9. The molecular weight excluding hydrogens is 367 g/mol. The van der Waals surface area contributed by atoms with E-state index in [4.69, 9.17) is 23.2 Å². The van der Waals surface area contributed by atoms with Gasteiger partial charge in [0.2, 0.25) is 5.91 Å². The van der Waals surface area contributed by atoms with E-state index in [-0.39, 0.29) is 22.9 Å². The zero-order valence-electron chi connectivity index (χ0n) is 14.4. The minimum atomic E-state index is -0.599. The van der Waals surface area contributed by atoms with E-state index >= 15 is 0 Å². The minimum Gasteiger partial charge on any atom is -0.352 e. The Morgan fingerprint density at radius 1 is 1.17 bits per heavy atom. The molecule has 0 fully saturated rings. The van der Waals surface area contributed by atoms with Gasteiger partial charge in [-0.2, -0.15) is 11.8 Å². The van der Waals surface area contributed by atoms with Gasteiger partial charge in [0.15, 0.2) is 0 Å². The van der Waals surface area contributed by atoms with Gasteiger partial charge in [0.25, 0.3) is 5.91 Å². The number of hydrogen-bond acceptors (Lipinski definition) is 3. The third-order valence-electron chi connectivity index (χ3n) is 3.78. The molecule has 2 unspecified atom stereocenters. The summed E-state index contributed by atoms with van der Waals surface area (Å²) < 4.78 is 0. The number of halogens is 2. The first-order valence-corrected chi connectivity index (χ1v) is 9.96. The Morgan fingerprint density at radius 3 is 2.38 bits per heavy atom. The van der Waals surface area contributed by atoms with Crippen molar-refractivity contribution in [2.45, 2.75) is 39.3 Å². The predicted molar refractivity (Wildman–Crippen MR) is 103 cm³/mol. The van der Waals surface area contributed by atoms with Crippen LogP contribution in [-0.2, 0) is 4.79 Å². The number of thioether (sulfide) groups is 1. The van der Waals surface area contributed by atoms with Gasteiger partial charge in [-0.05, 0) is 49.5 Å². The van der Waals surface area contributed by atoms with Gasteiger partial charge in [-0.1, -0.05) is 37.0 Å². The molecule has 0 radical (unpaired) electrons. The summed E-state index contributed by atoms with van der Waals surface area (Å²) in [5, 5.41) is 6.45. The molecular formula is C17H24Cl2N2O2S. The van der Waals surface area contributed by atoms with Gasteiger partial charge in [-0.3, -0.25) is 9.59 Å². The van der Waals surface area contributed by atoms with E-state index in [1.165, 1.54) is 6.07 Å². The van der Waals surface area contributed by atoms with Gasteiger partial charge >= 0.3 is 0 Å². The van der Waals surface area contributed by atoms with E-state index in [9.17, 15) is 9.59 Å². The Bertz CT molecular complexity index is 582. The summed E-state index contributed by atoms with van der Waals surface area (Å²) in [6, 6.07) is 4.10. The molecule has 1 aromatic carbocycles. The van der Waals surface area contributed by atoms with Gasteiger partial charge in [-0.25, -0.2) is 0 Å². The SMILES string of the molecule is CSCCC(NC(=O)c1ccc(Cl)cc1Cl)C(=O)NC(C)C(C)C. The molecule has 0 spiro atoms. The number of hydrogen-bond donors (Lipinski definition) is 2. The highest BCUT2D eigenvalue weighted by Gasteiger charge is 2.24. The van der Waals surface area contributed by atoms with Crippen LogP contribution in [0.5, 0.6) is 0 Å². The number of benzene rings is 1. The van der Waals surface area contributed by atoms with Crippen LogP contribution >= 0.6 is 35.0 Å². The highest BCUT2D eigenvalue weighted by Crippen LogP contribution is 2.21. The lowest BCUT2D eigenvalue weighted by molar-refractivity contribution is -0.123. The number of carbonyl (C=O) groups is 2. The third kappa shape index (κ3) is 6.54. The molecule has 4 nitrogen and oxygen atoms in total. The lowest BCUT2D eigenvalue weighted by atomic mass is 10.1. The van der Waals surface area contributed by atoms with Crippen LogP contribution < -0.4 is 10.6 Å². The number of rotatable bonds is 8.